The molecule has 0 spiro atoms. The lowest BCUT2D eigenvalue weighted by Crippen LogP contribution is -2.39. The van der Waals surface area contributed by atoms with Gasteiger partial charge in [-0.25, -0.2) is 15.0 Å². The molecule has 0 bridgehead atoms. The first kappa shape index (κ1) is 13.2. The van der Waals surface area contributed by atoms with Crippen LogP contribution in [0.3, 0.4) is 0 Å². The Kier molecular flexibility index (Phi) is 2.89. The Hall–Kier alpha value is -1.77. The molecule has 0 aliphatic carbocycles. The second kappa shape index (κ2) is 4.37. The van der Waals surface area contributed by atoms with Gasteiger partial charge in [-0.05, 0) is 13.3 Å². The van der Waals surface area contributed by atoms with Gasteiger partial charge in [-0.2, -0.15) is 0 Å². The average Bonchev–Trinajstić information content (AvgIpc) is 2.96. The minimum Gasteiger partial charge on any atom is -0.387 e. The lowest BCUT2D eigenvalue weighted by atomic mass is 9.95. The van der Waals surface area contributed by atoms with Crippen molar-refractivity contribution in [3.05, 3.63) is 12.7 Å². The molecule has 20 heavy (non-hydrogen) atoms. The summed E-state index contributed by atoms with van der Waals surface area (Å²) in [6, 6.07) is 0. The minimum atomic E-state index is -1.06. The molecule has 8 nitrogen and oxygen atoms in total. The first-order valence-corrected chi connectivity index (χ1v) is 6.45. The Morgan fingerprint density at radius 3 is 2.80 bits per heavy atom. The number of hydrogen-bond acceptors (Lipinski definition) is 7. The minimum absolute atomic E-state index is 0.264. The second-order valence-corrected chi connectivity index (χ2v) is 5.19. The van der Waals surface area contributed by atoms with Gasteiger partial charge in [-0.1, -0.05) is 6.92 Å². The molecule has 1 fully saturated rings. The number of anilines is 1. The average molecular weight is 279 g/mol. The zero-order chi connectivity index (χ0) is 14.5. The van der Waals surface area contributed by atoms with Gasteiger partial charge in [-0.15, -0.1) is 0 Å². The monoisotopic (exact) mass is 279 g/mol. The summed E-state index contributed by atoms with van der Waals surface area (Å²) in [5.41, 5.74) is 5.84. The summed E-state index contributed by atoms with van der Waals surface area (Å²) in [5.74, 6) is 0.264. The Bertz CT molecular complexity index is 645. The van der Waals surface area contributed by atoms with Crippen molar-refractivity contribution in [3.8, 4) is 0 Å². The van der Waals surface area contributed by atoms with E-state index < -0.39 is 24.0 Å². The molecule has 4 atom stereocenters. The van der Waals surface area contributed by atoms with Crippen molar-refractivity contribution < 1.29 is 14.9 Å². The van der Waals surface area contributed by atoms with Crippen LogP contribution in [0.5, 0.6) is 0 Å². The highest BCUT2D eigenvalue weighted by molar-refractivity contribution is 5.81. The fourth-order valence-electron chi connectivity index (χ4n) is 2.50. The summed E-state index contributed by atoms with van der Waals surface area (Å²) >= 11 is 0. The Balaban J connectivity index is 2.06. The predicted octanol–water partition coefficient (Wildman–Crippen LogP) is -0.172. The van der Waals surface area contributed by atoms with Crippen LogP contribution in [0.1, 0.15) is 26.5 Å². The van der Waals surface area contributed by atoms with Crippen molar-refractivity contribution in [2.75, 3.05) is 5.73 Å². The molecule has 2 unspecified atom stereocenters. The predicted molar refractivity (Wildman–Crippen MR) is 70.6 cm³/mol. The molecule has 8 heteroatoms. The Morgan fingerprint density at radius 2 is 2.15 bits per heavy atom. The molecule has 0 saturated carbocycles. The van der Waals surface area contributed by atoms with E-state index in [0.29, 0.717) is 17.6 Å². The quantitative estimate of drug-likeness (QED) is 0.698. The molecule has 0 aromatic carbocycles. The van der Waals surface area contributed by atoms with Gasteiger partial charge in [0.15, 0.2) is 17.7 Å². The molecule has 0 amide bonds. The largest absolute Gasteiger partial charge is 0.387 e. The number of nitrogens with two attached hydrogens (primary N) is 1. The van der Waals surface area contributed by atoms with Crippen LogP contribution in [0.25, 0.3) is 11.2 Å². The Morgan fingerprint density at radius 1 is 1.40 bits per heavy atom. The number of aliphatic hydroxyl groups is 2. The summed E-state index contributed by atoms with van der Waals surface area (Å²) in [6.45, 7) is 3.66. The van der Waals surface area contributed by atoms with Gasteiger partial charge in [0.2, 0.25) is 0 Å². The molecule has 1 saturated heterocycles. The number of hydrogen-bond donors (Lipinski definition) is 3. The molecule has 1 aliphatic heterocycles. The number of aliphatic hydroxyl groups excluding tert-OH is 2. The number of ether oxygens (including phenoxy) is 1. The normalized spacial score (nSPS) is 33.9. The van der Waals surface area contributed by atoms with Crippen LogP contribution in [-0.4, -0.2) is 47.5 Å². The van der Waals surface area contributed by atoms with Gasteiger partial charge in [0.05, 0.1) is 11.9 Å². The van der Waals surface area contributed by atoms with Crippen molar-refractivity contribution in [3.63, 3.8) is 0 Å². The maximum absolute atomic E-state index is 10.2. The van der Waals surface area contributed by atoms with Crippen LogP contribution in [0.2, 0.25) is 0 Å². The van der Waals surface area contributed by atoms with Crippen LogP contribution in [0.15, 0.2) is 12.7 Å². The zero-order valence-electron chi connectivity index (χ0n) is 11.3. The fraction of sp³-hybridized carbons (Fsp3) is 0.583. The lowest BCUT2D eigenvalue weighted by molar-refractivity contribution is -0.0931. The highest BCUT2D eigenvalue weighted by Gasteiger charge is 2.51. The fourth-order valence-corrected chi connectivity index (χ4v) is 2.50. The first-order chi connectivity index (χ1) is 9.48. The smallest absolute Gasteiger partial charge is 0.167 e. The van der Waals surface area contributed by atoms with Crippen molar-refractivity contribution >= 4 is 17.0 Å². The maximum Gasteiger partial charge on any atom is 0.167 e. The molecule has 2 aromatic heterocycles. The molecule has 3 rings (SSSR count). The van der Waals surface area contributed by atoms with E-state index in [9.17, 15) is 10.2 Å². The van der Waals surface area contributed by atoms with E-state index in [2.05, 4.69) is 15.0 Å². The van der Waals surface area contributed by atoms with Crippen molar-refractivity contribution in [2.24, 2.45) is 0 Å². The summed E-state index contributed by atoms with van der Waals surface area (Å²) in [7, 11) is 0. The third-order valence-corrected chi connectivity index (χ3v) is 3.99. The molecule has 4 N–H and O–H groups in total. The van der Waals surface area contributed by atoms with Gasteiger partial charge < -0.3 is 20.7 Å². The highest BCUT2D eigenvalue weighted by atomic mass is 16.6. The van der Waals surface area contributed by atoms with Gasteiger partial charge in [0.1, 0.15) is 24.1 Å². The molecular formula is C12H17N5O3. The summed E-state index contributed by atoms with van der Waals surface area (Å²) in [5, 5.41) is 20.4. The number of imidazole rings is 1. The summed E-state index contributed by atoms with van der Waals surface area (Å²) < 4.78 is 7.41. The zero-order valence-corrected chi connectivity index (χ0v) is 11.3. The van der Waals surface area contributed by atoms with Crippen molar-refractivity contribution in [1.82, 2.24) is 19.5 Å². The molecular weight excluding hydrogens is 262 g/mol. The van der Waals surface area contributed by atoms with E-state index in [0.717, 1.165) is 0 Å². The van der Waals surface area contributed by atoms with Crippen molar-refractivity contribution in [2.45, 2.75) is 44.3 Å². The molecule has 2 aromatic rings. The van der Waals surface area contributed by atoms with Gasteiger partial charge in [-0.3, -0.25) is 4.57 Å². The van der Waals surface area contributed by atoms with Crippen LogP contribution >= 0.6 is 0 Å². The number of nitrogens with zero attached hydrogens (tertiary/aromatic N) is 4. The number of aromatic nitrogens is 4. The number of nitrogen functional groups attached to an aromatic ring is 1. The molecule has 108 valence electrons. The SMILES string of the molecule is CC[C@@]1(C)O[C@@H](n2cnc3c(N)ncnc32)C(O)C1O. The third-order valence-electron chi connectivity index (χ3n) is 3.99. The molecule has 1 aliphatic rings. The summed E-state index contributed by atoms with van der Waals surface area (Å²) in [6.07, 6.45) is 0.590. The lowest BCUT2D eigenvalue weighted by Gasteiger charge is -2.25. The van der Waals surface area contributed by atoms with E-state index in [1.165, 1.54) is 12.7 Å². The van der Waals surface area contributed by atoms with E-state index in [1.807, 2.05) is 6.92 Å². The van der Waals surface area contributed by atoms with E-state index in [1.54, 1.807) is 11.5 Å². The topological polar surface area (TPSA) is 119 Å². The third kappa shape index (κ3) is 1.69. The molecule has 3 heterocycles. The highest BCUT2D eigenvalue weighted by Crippen LogP contribution is 2.39. The second-order valence-electron chi connectivity index (χ2n) is 5.19. The van der Waals surface area contributed by atoms with E-state index in [-0.39, 0.29) is 5.82 Å². The summed E-state index contributed by atoms with van der Waals surface area (Å²) in [4.78, 5) is 12.1. The van der Waals surface area contributed by atoms with Crippen LogP contribution in [-0.2, 0) is 4.74 Å². The standard InChI is InChI=1S/C12H17N5O3/c1-3-12(2)8(19)7(18)11(20-12)17-5-16-6-9(13)14-4-15-10(6)17/h4-5,7-8,11,18-19H,3H2,1-2H3,(H2,13,14,15)/t7?,8?,11-,12-/m1/s1. The van der Waals surface area contributed by atoms with E-state index >= 15 is 0 Å². The maximum atomic E-state index is 10.2. The first-order valence-electron chi connectivity index (χ1n) is 6.45. The van der Waals surface area contributed by atoms with Gasteiger partial charge in [0.25, 0.3) is 0 Å². The van der Waals surface area contributed by atoms with Crippen molar-refractivity contribution in [1.29, 1.82) is 0 Å². The Labute approximate surface area is 115 Å². The van der Waals surface area contributed by atoms with Gasteiger partial charge >= 0.3 is 0 Å². The van der Waals surface area contributed by atoms with Crippen LogP contribution in [0, 0.1) is 0 Å². The number of fused-ring (bicyclic) bond motifs is 1. The van der Waals surface area contributed by atoms with E-state index in [4.69, 9.17) is 10.5 Å². The van der Waals surface area contributed by atoms with Crippen LogP contribution < -0.4 is 5.73 Å². The van der Waals surface area contributed by atoms with Gasteiger partial charge in [0, 0.05) is 0 Å². The molecule has 0 radical (unpaired) electrons. The number of rotatable bonds is 2. The van der Waals surface area contributed by atoms with Crippen LogP contribution in [0.4, 0.5) is 5.82 Å².